The van der Waals surface area contributed by atoms with Crippen molar-refractivity contribution < 1.29 is 18.3 Å². The molecule has 1 aromatic heterocycles. The molecule has 0 fully saturated rings. The third-order valence-corrected chi connectivity index (χ3v) is 5.61. The highest BCUT2D eigenvalue weighted by molar-refractivity contribution is 5.68. The van der Waals surface area contributed by atoms with Crippen molar-refractivity contribution in [1.29, 1.82) is 0 Å². The molecule has 0 aliphatic heterocycles. The summed E-state index contributed by atoms with van der Waals surface area (Å²) in [6.45, 7) is 5.77. The first kappa shape index (κ1) is 22.8. The average molecular weight is 451 g/mol. The molecule has 3 nitrogen and oxygen atoms in total. The molecule has 0 saturated carbocycles. The minimum absolute atomic E-state index is 0.141. The average Bonchev–Trinajstić information content (AvgIpc) is 3.21. The van der Waals surface area contributed by atoms with E-state index in [0.29, 0.717) is 28.3 Å². The van der Waals surface area contributed by atoms with Gasteiger partial charge in [0.15, 0.2) is 0 Å². The van der Waals surface area contributed by atoms with Crippen LogP contribution in [0.5, 0.6) is 0 Å². The van der Waals surface area contributed by atoms with Gasteiger partial charge in [0.05, 0.1) is 5.69 Å². The number of aliphatic hydroxyl groups is 1. The first-order valence-corrected chi connectivity index (χ1v) is 10.6. The second-order valence-electron chi connectivity index (χ2n) is 8.82. The van der Waals surface area contributed by atoms with Crippen LogP contribution in [0.15, 0.2) is 72.9 Å². The number of imidazole rings is 1. The number of rotatable bonds is 5. The van der Waals surface area contributed by atoms with E-state index < -0.39 is 11.5 Å². The Balaban J connectivity index is 1.85. The molecule has 6 heteroatoms. The van der Waals surface area contributed by atoms with E-state index in [-0.39, 0.29) is 11.4 Å². The number of hydrogen-bond acceptors (Lipinski definition) is 2. The van der Waals surface area contributed by atoms with Crippen molar-refractivity contribution in [2.75, 3.05) is 0 Å². The molecule has 33 heavy (non-hydrogen) atoms. The van der Waals surface area contributed by atoms with E-state index in [1.54, 1.807) is 61.9 Å². The zero-order valence-corrected chi connectivity index (χ0v) is 18.9. The molecule has 1 N–H and O–H groups in total. The summed E-state index contributed by atoms with van der Waals surface area (Å²) in [5.41, 5.74) is 2.28. The standard InChI is InChI=1S/C27H25F3N2O/c1-17-15-19(11-14-23(17)28)18-9-12-20(13-10-18)32-16-24(26(2,3)33)31-25(32)21-7-5-6-8-22(21)27(4,29)30/h5-16,33H,1-4H3. The summed E-state index contributed by atoms with van der Waals surface area (Å²) in [6.07, 6.45) is 1.66. The van der Waals surface area contributed by atoms with E-state index in [1.807, 2.05) is 24.3 Å². The molecule has 0 saturated heterocycles. The summed E-state index contributed by atoms with van der Waals surface area (Å²) >= 11 is 0. The highest BCUT2D eigenvalue weighted by Gasteiger charge is 2.31. The van der Waals surface area contributed by atoms with Gasteiger partial charge in [-0.2, -0.15) is 0 Å². The third-order valence-electron chi connectivity index (χ3n) is 5.61. The van der Waals surface area contributed by atoms with Crippen LogP contribution in [0.2, 0.25) is 0 Å². The van der Waals surface area contributed by atoms with Gasteiger partial charge in [-0.05, 0) is 61.7 Å². The van der Waals surface area contributed by atoms with Crippen molar-refractivity contribution in [2.45, 2.75) is 39.2 Å². The topological polar surface area (TPSA) is 38.0 Å². The van der Waals surface area contributed by atoms with Crippen LogP contribution in [0.4, 0.5) is 13.2 Å². The fraction of sp³-hybridized carbons (Fsp3) is 0.222. The molecular formula is C27H25F3N2O. The van der Waals surface area contributed by atoms with E-state index in [2.05, 4.69) is 4.98 Å². The molecule has 0 bridgehead atoms. The molecular weight excluding hydrogens is 425 g/mol. The SMILES string of the molecule is Cc1cc(-c2ccc(-n3cc(C(C)(C)O)nc3-c3ccccc3C(C)(F)F)cc2)ccc1F. The molecule has 1 heterocycles. The summed E-state index contributed by atoms with van der Waals surface area (Å²) in [5.74, 6) is -3.01. The molecule has 3 aromatic carbocycles. The molecule has 4 rings (SSSR count). The van der Waals surface area contributed by atoms with Crippen LogP contribution in [0.1, 0.15) is 37.6 Å². The summed E-state index contributed by atoms with van der Waals surface area (Å²) in [7, 11) is 0. The lowest BCUT2D eigenvalue weighted by atomic mass is 10.0. The van der Waals surface area contributed by atoms with Crippen molar-refractivity contribution in [3.8, 4) is 28.2 Å². The number of aromatic nitrogens is 2. The van der Waals surface area contributed by atoms with Gasteiger partial charge in [0.25, 0.3) is 5.92 Å². The van der Waals surface area contributed by atoms with Crippen LogP contribution in [0.25, 0.3) is 28.2 Å². The second-order valence-corrected chi connectivity index (χ2v) is 8.82. The molecule has 0 radical (unpaired) electrons. The number of halogens is 3. The minimum atomic E-state index is -3.06. The summed E-state index contributed by atoms with van der Waals surface area (Å²) in [5, 5.41) is 10.5. The van der Waals surface area contributed by atoms with Gasteiger partial charge in [-0.25, -0.2) is 18.2 Å². The molecule has 0 unspecified atom stereocenters. The highest BCUT2D eigenvalue weighted by atomic mass is 19.3. The van der Waals surface area contributed by atoms with Gasteiger partial charge in [-0.3, -0.25) is 4.57 Å². The number of alkyl halides is 2. The zero-order chi connectivity index (χ0) is 24.0. The maximum Gasteiger partial charge on any atom is 0.271 e. The van der Waals surface area contributed by atoms with E-state index in [4.69, 9.17) is 0 Å². The lowest BCUT2D eigenvalue weighted by molar-refractivity contribution is 0.0180. The number of hydrogen-bond donors (Lipinski definition) is 1. The number of aryl methyl sites for hydroxylation is 1. The van der Waals surface area contributed by atoms with Crippen molar-refractivity contribution >= 4 is 0 Å². The lowest BCUT2D eigenvalue weighted by Crippen LogP contribution is -2.15. The summed E-state index contributed by atoms with van der Waals surface area (Å²) in [6, 6.07) is 18.6. The van der Waals surface area contributed by atoms with Crippen LogP contribution in [0, 0.1) is 12.7 Å². The highest BCUT2D eigenvalue weighted by Crippen LogP contribution is 2.37. The normalized spacial score (nSPS) is 12.2. The fourth-order valence-corrected chi connectivity index (χ4v) is 3.76. The molecule has 0 spiro atoms. The molecule has 0 amide bonds. The fourth-order valence-electron chi connectivity index (χ4n) is 3.76. The Bertz CT molecular complexity index is 1300. The van der Waals surface area contributed by atoms with Crippen LogP contribution in [-0.2, 0) is 11.5 Å². The largest absolute Gasteiger partial charge is 0.384 e. The summed E-state index contributed by atoms with van der Waals surface area (Å²) in [4.78, 5) is 4.54. The first-order valence-electron chi connectivity index (χ1n) is 10.6. The first-order chi connectivity index (χ1) is 15.4. The van der Waals surface area contributed by atoms with Gasteiger partial charge in [0.1, 0.15) is 17.2 Å². The van der Waals surface area contributed by atoms with Gasteiger partial charge in [0.2, 0.25) is 0 Å². The molecule has 0 aliphatic rings. The Morgan fingerprint density at radius 2 is 1.52 bits per heavy atom. The van der Waals surface area contributed by atoms with E-state index in [0.717, 1.165) is 18.1 Å². The predicted molar refractivity (Wildman–Crippen MR) is 124 cm³/mol. The van der Waals surface area contributed by atoms with Gasteiger partial charge >= 0.3 is 0 Å². The van der Waals surface area contributed by atoms with Gasteiger partial charge in [-0.1, -0.05) is 42.5 Å². The molecule has 170 valence electrons. The Kier molecular flexibility index (Phi) is 5.66. The van der Waals surface area contributed by atoms with Gasteiger partial charge in [0, 0.05) is 29.9 Å². The predicted octanol–water partition coefficient (Wildman–Crippen LogP) is 6.99. The monoisotopic (exact) mass is 450 g/mol. The third kappa shape index (κ3) is 4.57. The van der Waals surface area contributed by atoms with Crippen molar-refractivity contribution in [2.24, 2.45) is 0 Å². The van der Waals surface area contributed by atoms with Crippen molar-refractivity contribution in [1.82, 2.24) is 9.55 Å². The second kappa shape index (κ2) is 8.19. The van der Waals surface area contributed by atoms with Crippen molar-refractivity contribution in [3.63, 3.8) is 0 Å². The lowest BCUT2D eigenvalue weighted by Gasteiger charge is -2.16. The van der Waals surface area contributed by atoms with E-state index in [9.17, 15) is 18.3 Å². The van der Waals surface area contributed by atoms with Crippen LogP contribution in [-0.4, -0.2) is 14.7 Å². The van der Waals surface area contributed by atoms with Crippen LogP contribution < -0.4 is 0 Å². The quantitative estimate of drug-likeness (QED) is 0.356. The van der Waals surface area contributed by atoms with E-state index in [1.165, 1.54) is 12.1 Å². The van der Waals surface area contributed by atoms with Gasteiger partial charge < -0.3 is 5.11 Å². The Morgan fingerprint density at radius 3 is 2.12 bits per heavy atom. The number of nitrogens with zero attached hydrogens (tertiary/aromatic N) is 2. The summed E-state index contributed by atoms with van der Waals surface area (Å²) < 4.78 is 44.1. The van der Waals surface area contributed by atoms with Crippen molar-refractivity contribution in [3.05, 3.63) is 95.6 Å². The Labute approximate surface area is 191 Å². The Hall–Kier alpha value is -3.38. The van der Waals surface area contributed by atoms with Crippen LogP contribution >= 0.6 is 0 Å². The number of benzene rings is 3. The van der Waals surface area contributed by atoms with Crippen LogP contribution in [0.3, 0.4) is 0 Å². The molecule has 0 aliphatic carbocycles. The maximum atomic E-state index is 14.4. The smallest absolute Gasteiger partial charge is 0.271 e. The van der Waals surface area contributed by atoms with Gasteiger partial charge in [-0.15, -0.1) is 0 Å². The minimum Gasteiger partial charge on any atom is -0.384 e. The zero-order valence-electron chi connectivity index (χ0n) is 18.9. The van der Waals surface area contributed by atoms with E-state index >= 15 is 0 Å². The molecule has 4 aromatic rings. The Morgan fingerprint density at radius 1 is 0.879 bits per heavy atom. The maximum absolute atomic E-state index is 14.4. The molecule has 0 atom stereocenters.